The minimum Gasteiger partial charge on any atom is -0.481 e. The number of aromatic nitrogens is 2. The van der Waals surface area contributed by atoms with Crippen LogP contribution in [0.15, 0.2) is 4.79 Å². The first-order chi connectivity index (χ1) is 8.50. The van der Waals surface area contributed by atoms with Gasteiger partial charge in [0.15, 0.2) is 0 Å². The largest absolute Gasteiger partial charge is 0.481 e. The average molecular weight is 256 g/mol. The van der Waals surface area contributed by atoms with Gasteiger partial charge in [-0.15, -0.1) is 0 Å². The number of H-pyrrole nitrogens is 1. The molecule has 0 bridgehead atoms. The third-order valence-electron chi connectivity index (χ3n) is 1.93. The first-order valence-electron chi connectivity index (χ1n) is 6.29. The lowest BCUT2D eigenvalue weighted by molar-refractivity contribution is -0.136. The van der Waals surface area contributed by atoms with Crippen molar-refractivity contribution in [3.05, 3.63) is 27.4 Å². The van der Waals surface area contributed by atoms with E-state index in [-0.39, 0.29) is 18.4 Å². The van der Waals surface area contributed by atoms with Gasteiger partial charge in [0.2, 0.25) is 0 Å². The minimum absolute atomic E-state index is 0.0470. The highest BCUT2D eigenvalue weighted by Crippen LogP contribution is 2.01. The molecule has 2 N–H and O–H groups in total. The van der Waals surface area contributed by atoms with E-state index in [2.05, 4.69) is 9.97 Å². The summed E-state index contributed by atoms with van der Waals surface area (Å²) in [4.78, 5) is 28.3. The Balaban J connectivity index is 0. The number of nitrogens with zero attached hydrogens (tertiary/aromatic N) is 1. The first-order valence-corrected chi connectivity index (χ1v) is 6.29. The van der Waals surface area contributed by atoms with E-state index < -0.39 is 5.97 Å². The van der Waals surface area contributed by atoms with Crippen LogP contribution in [0.2, 0.25) is 0 Å². The number of nitrogens with one attached hydrogen (secondary N) is 1. The van der Waals surface area contributed by atoms with Gasteiger partial charge in [-0.2, -0.15) is 0 Å². The molecular formula is C13H24N2O3. The highest BCUT2D eigenvalue weighted by atomic mass is 16.4. The molecule has 0 aliphatic heterocycles. The molecule has 0 unspecified atom stereocenters. The lowest BCUT2D eigenvalue weighted by Gasteiger charge is -2.02. The smallest absolute Gasteiger partial charge is 0.303 e. The summed E-state index contributed by atoms with van der Waals surface area (Å²) in [7, 11) is 0. The van der Waals surface area contributed by atoms with Gasteiger partial charge in [-0.05, 0) is 20.3 Å². The monoisotopic (exact) mass is 256 g/mol. The maximum atomic E-state index is 11.4. The Labute approximate surface area is 108 Å². The summed E-state index contributed by atoms with van der Waals surface area (Å²) in [5.41, 5.74) is 0.821. The second-order valence-electron chi connectivity index (χ2n) is 3.11. The van der Waals surface area contributed by atoms with Crippen molar-refractivity contribution in [2.75, 3.05) is 0 Å². The number of carboxylic acids is 1. The number of hydrogen-bond donors (Lipinski definition) is 2. The third-order valence-corrected chi connectivity index (χ3v) is 1.93. The van der Waals surface area contributed by atoms with Gasteiger partial charge in [0, 0.05) is 17.7 Å². The van der Waals surface area contributed by atoms with Crippen molar-refractivity contribution in [2.45, 2.75) is 54.4 Å². The maximum absolute atomic E-state index is 11.4. The molecule has 18 heavy (non-hydrogen) atoms. The number of aliphatic carboxylic acids is 1. The van der Waals surface area contributed by atoms with Crippen molar-refractivity contribution >= 4 is 5.97 Å². The van der Waals surface area contributed by atoms with Crippen molar-refractivity contribution in [2.24, 2.45) is 0 Å². The highest BCUT2D eigenvalue weighted by molar-refractivity contribution is 5.67. The summed E-state index contributed by atoms with van der Waals surface area (Å²) in [6.45, 7) is 11.4. The molecular weight excluding hydrogens is 232 g/mol. The molecule has 1 rings (SSSR count). The highest BCUT2D eigenvalue weighted by Gasteiger charge is 2.08. The van der Waals surface area contributed by atoms with E-state index in [4.69, 9.17) is 5.11 Å². The van der Waals surface area contributed by atoms with Crippen LogP contribution in [0.4, 0.5) is 0 Å². The van der Waals surface area contributed by atoms with Gasteiger partial charge in [0.1, 0.15) is 5.82 Å². The molecule has 0 saturated heterocycles. The fourth-order valence-electron chi connectivity index (χ4n) is 1.28. The molecule has 0 radical (unpaired) electrons. The zero-order valence-corrected chi connectivity index (χ0v) is 12.1. The van der Waals surface area contributed by atoms with Gasteiger partial charge in [-0.1, -0.05) is 27.7 Å². The van der Waals surface area contributed by atoms with Gasteiger partial charge in [0.25, 0.3) is 5.56 Å². The SMILES string of the molecule is CC.CC.Cc1nc(C)c(CCC(=O)O)c(=O)[nH]1. The Kier molecular flexibility index (Phi) is 10.9. The molecule has 104 valence electrons. The fraction of sp³-hybridized carbons (Fsp3) is 0.615. The Morgan fingerprint density at radius 3 is 2.11 bits per heavy atom. The number of carboxylic acid groups (broad SMARTS) is 1. The molecule has 0 aromatic carbocycles. The number of aromatic amines is 1. The Bertz CT molecular complexity index is 411. The molecule has 5 nitrogen and oxygen atoms in total. The van der Waals surface area contributed by atoms with E-state index in [0.29, 0.717) is 17.1 Å². The predicted octanol–water partition coefficient (Wildman–Crippen LogP) is 2.46. The second-order valence-corrected chi connectivity index (χ2v) is 3.11. The second kappa shape index (κ2) is 10.5. The van der Waals surface area contributed by atoms with E-state index in [1.54, 1.807) is 13.8 Å². The number of carbonyl (C=O) groups is 1. The first kappa shape index (κ1) is 18.7. The minimum atomic E-state index is -0.913. The standard InChI is InChI=1S/C9H12N2O3.2C2H6/c1-5-7(3-4-8(12)13)9(14)11-6(2)10-5;2*1-2/h3-4H2,1-2H3,(H,12,13)(H,10,11,14);2*1-2H3. The van der Waals surface area contributed by atoms with Crippen LogP contribution >= 0.6 is 0 Å². The number of aryl methyl sites for hydroxylation is 2. The van der Waals surface area contributed by atoms with Gasteiger partial charge in [-0.3, -0.25) is 9.59 Å². The van der Waals surface area contributed by atoms with Crippen LogP contribution in [0, 0.1) is 13.8 Å². The summed E-state index contributed by atoms with van der Waals surface area (Å²) in [5.74, 6) is -0.365. The Morgan fingerprint density at radius 2 is 1.72 bits per heavy atom. The molecule has 0 aliphatic rings. The number of rotatable bonds is 3. The molecule has 1 aromatic rings. The van der Waals surface area contributed by atoms with Crippen LogP contribution in [0.1, 0.15) is 51.2 Å². The lowest BCUT2D eigenvalue weighted by Crippen LogP contribution is -2.18. The molecule has 0 spiro atoms. The van der Waals surface area contributed by atoms with Crippen LogP contribution in [-0.2, 0) is 11.2 Å². The van der Waals surface area contributed by atoms with E-state index in [1.807, 2.05) is 27.7 Å². The fourth-order valence-corrected chi connectivity index (χ4v) is 1.28. The average Bonchev–Trinajstić information content (AvgIpc) is 2.32. The van der Waals surface area contributed by atoms with Gasteiger partial charge in [0.05, 0.1) is 0 Å². The zero-order chi connectivity index (χ0) is 14.7. The van der Waals surface area contributed by atoms with E-state index in [0.717, 1.165) is 0 Å². The predicted molar refractivity (Wildman–Crippen MR) is 73.0 cm³/mol. The molecule has 1 aromatic heterocycles. The Hall–Kier alpha value is -1.65. The quantitative estimate of drug-likeness (QED) is 0.870. The van der Waals surface area contributed by atoms with Gasteiger partial charge in [-0.25, -0.2) is 4.98 Å². The van der Waals surface area contributed by atoms with Crippen LogP contribution in [-0.4, -0.2) is 21.0 Å². The summed E-state index contributed by atoms with van der Waals surface area (Å²) in [6.07, 6.45) is 0.179. The summed E-state index contributed by atoms with van der Waals surface area (Å²) >= 11 is 0. The van der Waals surface area contributed by atoms with E-state index in [1.165, 1.54) is 0 Å². The van der Waals surface area contributed by atoms with Crippen LogP contribution in [0.5, 0.6) is 0 Å². The lowest BCUT2D eigenvalue weighted by atomic mass is 10.1. The van der Waals surface area contributed by atoms with Crippen LogP contribution in [0.25, 0.3) is 0 Å². The summed E-state index contributed by atoms with van der Waals surface area (Å²) in [5, 5.41) is 8.48. The summed E-state index contributed by atoms with van der Waals surface area (Å²) < 4.78 is 0. The van der Waals surface area contributed by atoms with E-state index in [9.17, 15) is 9.59 Å². The topological polar surface area (TPSA) is 83.0 Å². The van der Waals surface area contributed by atoms with Crippen LogP contribution < -0.4 is 5.56 Å². The van der Waals surface area contributed by atoms with Crippen molar-refractivity contribution in [3.63, 3.8) is 0 Å². The maximum Gasteiger partial charge on any atom is 0.303 e. The van der Waals surface area contributed by atoms with Crippen molar-refractivity contribution in [1.29, 1.82) is 0 Å². The van der Waals surface area contributed by atoms with Crippen molar-refractivity contribution in [1.82, 2.24) is 9.97 Å². The van der Waals surface area contributed by atoms with E-state index >= 15 is 0 Å². The third kappa shape index (κ3) is 6.83. The zero-order valence-electron chi connectivity index (χ0n) is 12.1. The van der Waals surface area contributed by atoms with Gasteiger partial charge < -0.3 is 10.1 Å². The molecule has 0 aliphatic carbocycles. The molecule has 0 amide bonds. The van der Waals surface area contributed by atoms with Gasteiger partial charge >= 0.3 is 5.97 Å². The molecule has 1 heterocycles. The summed E-state index contributed by atoms with van der Waals surface area (Å²) in [6, 6.07) is 0. The molecule has 0 saturated carbocycles. The molecule has 0 fully saturated rings. The molecule has 0 atom stereocenters. The molecule has 5 heteroatoms. The van der Waals surface area contributed by atoms with Crippen molar-refractivity contribution in [3.8, 4) is 0 Å². The normalized spacial score (nSPS) is 8.56. The number of hydrogen-bond acceptors (Lipinski definition) is 3. The van der Waals surface area contributed by atoms with Crippen LogP contribution in [0.3, 0.4) is 0 Å². The van der Waals surface area contributed by atoms with Crippen molar-refractivity contribution < 1.29 is 9.90 Å². The Morgan fingerprint density at radius 1 is 1.22 bits per heavy atom.